The van der Waals surface area contributed by atoms with Crippen LogP contribution in [0.5, 0.6) is 5.75 Å². The minimum Gasteiger partial charge on any atom is -0.484 e. The summed E-state index contributed by atoms with van der Waals surface area (Å²) in [6, 6.07) is 7.30. The van der Waals surface area contributed by atoms with E-state index in [2.05, 4.69) is 10.6 Å². The number of rotatable bonds is 8. The highest BCUT2D eigenvalue weighted by molar-refractivity contribution is 8.19. The Morgan fingerprint density at radius 2 is 1.92 bits per heavy atom. The van der Waals surface area contributed by atoms with Crippen molar-refractivity contribution in [2.45, 2.75) is 30.9 Å². The molecule has 7 heteroatoms. The maximum absolute atomic E-state index is 11.9. The first-order valence-electron chi connectivity index (χ1n) is 8.13. The zero-order valence-electron chi connectivity index (χ0n) is 14.0. The normalized spacial score (nSPS) is 15.8. The van der Waals surface area contributed by atoms with Crippen LogP contribution >= 0.6 is 23.5 Å². The summed E-state index contributed by atoms with van der Waals surface area (Å²) >= 11 is 3.91. The SMILES string of the molecule is CCCNC(=O)[C@H](C)NC(=O)COc1ccc(C2SCCS2)cc1. The van der Waals surface area contributed by atoms with E-state index in [-0.39, 0.29) is 18.4 Å². The number of amides is 2. The maximum Gasteiger partial charge on any atom is 0.258 e. The van der Waals surface area contributed by atoms with Crippen molar-refractivity contribution in [3.05, 3.63) is 29.8 Å². The lowest BCUT2D eigenvalue weighted by molar-refractivity contribution is -0.129. The molecule has 1 atom stereocenters. The number of nitrogens with one attached hydrogen (secondary N) is 2. The van der Waals surface area contributed by atoms with Gasteiger partial charge in [0.05, 0.1) is 4.58 Å². The second kappa shape index (κ2) is 9.84. The number of hydrogen-bond acceptors (Lipinski definition) is 5. The second-order valence-electron chi connectivity index (χ2n) is 5.51. The molecule has 132 valence electrons. The van der Waals surface area contributed by atoms with E-state index in [9.17, 15) is 9.59 Å². The van der Waals surface area contributed by atoms with Crippen LogP contribution in [0.1, 0.15) is 30.4 Å². The molecule has 5 nitrogen and oxygen atoms in total. The van der Waals surface area contributed by atoms with Crippen LogP contribution in [-0.4, -0.2) is 42.5 Å². The molecule has 0 aromatic heterocycles. The number of hydrogen-bond donors (Lipinski definition) is 2. The van der Waals surface area contributed by atoms with Gasteiger partial charge in [-0.15, -0.1) is 23.5 Å². The van der Waals surface area contributed by atoms with E-state index in [1.807, 2.05) is 54.7 Å². The smallest absolute Gasteiger partial charge is 0.258 e. The summed E-state index contributed by atoms with van der Waals surface area (Å²) < 4.78 is 5.99. The van der Waals surface area contributed by atoms with E-state index in [1.165, 1.54) is 17.1 Å². The summed E-state index contributed by atoms with van der Waals surface area (Å²) in [7, 11) is 0. The van der Waals surface area contributed by atoms with E-state index in [4.69, 9.17) is 4.74 Å². The summed E-state index contributed by atoms with van der Waals surface area (Å²) in [5.74, 6) is 2.56. The number of carbonyl (C=O) groups excluding carboxylic acids is 2. The first-order valence-corrected chi connectivity index (χ1v) is 10.2. The first-order chi connectivity index (χ1) is 11.6. The molecule has 0 saturated carbocycles. The zero-order valence-corrected chi connectivity index (χ0v) is 15.7. The Morgan fingerprint density at radius 3 is 2.54 bits per heavy atom. The molecule has 0 radical (unpaired) electrons. The third kappa shape index (κ3) is 5.94. The lowest BCUT2D eigenvalue weighted by Gasteiger charge is -2.14. The number of carbonyl (C=O) groups is 2. The van der Waals surface area contributed by atoms with Crippen molar-refractivity contribution in [1.82, 2.24) is 10.6 Å². The minimum atomic E-state index is -0.563. The molecule has 1 heterocycles. The van der Waals surface area contributed by atoms with Gasteiger partial charge < -0.3 is 15.4 Å². The van der Waals surface area contributed by atoms with Gasteiger partial charge in [0, 0.05) is 18.1 Å². The zero-order chi connectivity index (χ0) is 17.4. The van der Waals surface area contributed by atoms with Crippen LogP contribution in [0.15, 0.2) is 24.3 Å². The van der Waals surface area contributed by atoms with Crippen molar-refractivity contribution in [3.63, 3.8) is 0 Å². The third-order valence-electron chi connectivity index (χ3n) is 3.46. The Labute approximate surface area is 151 Å². The molecular formula is C17H24N2O3S2. The van der Waals surface area contributed by atoms with Gasteiger partial charge >= 0.3 is 0 Å². The lowest BCUT2D eigenvalue weighted by Crippen LogP contribution is -2.46. The predicted molar refractivity (Wildman–Crippen MR) is 100 cm³/mol. The molecule has 24 heavy (non-hydrogen) atoms. The second-order valence-corrected chi connectivity index (χ2v) is 8.24. The summed E-state index contributed by atoms with van der Waals surface area (Å²) in [4.78, 5) is 23.6. The van der Waals surface area contributed by atoms with Crippen molar-refractivity contribution in [3.8, 4) is 5.75 Å². The highest BCUT2D eigenvalue weighted by atomic mass is 32.2. The Kier molecular flexibility index (Phi) is 7.78. The van der Waals surface area contributed by atoms with E-state index in [0.717, 1.165) is 6.42 Å². The molecule has 0 bridgehead atoms. The van der Waals surface area contributed by atoms with E-state index in [1.54, 1.807) is 6.92 Å². The van der Waals surface area contributed by atoms with Gasteiger partial charge in [0.15, 0.2) is 6.61 Å². The van der Waals surface area contributed by atoms with Crippen molar-refractivity contribution < 1.29 is 14.3 Å². The van der Waals surface area contributed by atoms with Crippen LogP contribution < -0.4 is 15.4 Å². The Bertz CT molecular complexity index is 545. The molecule has 0 aliphatic carbocycles. The summed E-state index contributed by atoms with van der Waals surface area (Å²) in [6.07, 6.45) is 0.864. The number of benzene rings is 1. The molecule has 1 saturated heterocycles. The van der Waals surface area contributed by atoms with Crippen LogP contribution in [-0.2, 0) is 9.59 Å². The van der Waals surface area contributed by atoms with Crippen LogP contribution in [0, 0.1) is 0 Å². The molecule has 1 aromatic rings. The molecule has 1 aliphatic heterocycles. The highest BCUT2D eigenvalue weighted by Gasteiger charge is 2.18. The van der Waals surface area contributed by atoms with Gasteiger partial charge in [-0.1, -0.05) is 19.1 Å². The average Bonchev–Trinajstić information content (AvgIpc) is 3.12. The van der Waals surface area contributed by atoms with E-state index in [0.29, 0.717) is 16.9 Å². The van der Waals surface area contributed by atoms with Crippen molar-refractivity contribution in [2.75, 3.05) is 24.7 Å². The molecule has 2 N–H and O–H groups in total. The summed E-state index contributed by atoms with van der Waals surface area (Å²) in [5, 5.41) is 5.38. The topological polar surface area (TPSA) is 67.4 Å². The van der Waals surface area contributed by atoms with E-state index >= 15 is 0 Å². The molecule has 0 unspecified atom stereocenters. The van der Waals surface area contributed by atoms with Gasteiger partial charge in [0.1, 0.15) is 11.8 Å². The molecule has 1 aliphatic rings. The van der Waals surface area contributed by atoms with Crippen LogP contribution in [0.4, 0.5) is 0 Å². The van der Waals surface area contributed by atoms with Crippen LogP contribution in [0.25, 0.3) is 0 Å². The fraction of sp³-hybridized carbons (Fsp3) is 0.529. The van der Waals surface area contributed by atoms with Gasteiger partial charge in [-0.05, 0) is 31.0 Å². The minimum absolute atomic E-state index is 0.0995. The molecule has 2 amide bonds. The summed E-state index contributed by atoms with van der Waals surface area (Å²) in [6.45, 7) is 4.15. The fourth-order valence-electron chi connectivity index (χ4n) is 2.17. The van der Waals surface area contributed by atoms with Crippen molar-refractivity contribution in [2.24, 2.45) is 0 Å². The van der Waals surface area contributed by atoms with Gasteiger partial charge in [-0.3, -0.25) is 9.59 Å². The molecule has 1 aromatic carbocycles. The molecule has 2 rings (SSSR count). The first kappa shape index (κ1) is 19.0. The van der Waals surface area contributed by atoms with Crippen LogP contribution in [0.2, 0.25) is 0 Å². The molecule has 0 spiro atoms. The Hall–Kier alpha value is -1.34. The monoisotopic (exact) mass is 368 g/mol. The predicted octanol–water partition coefficient (Wildman–Crippen LogP) is 2.57. The molecular weight excluding hydrogens is 344 g/mol. The van der Waals surface area contributed by atoms with Gasteiger partial charge in [-0.2, -0.15) is 0 Å². The maximum atomic E-state index is 11.9. The highest BCUT2D eigenvalue weighted by Crippen LogP contribution is 2.45. The quantitative estimate of drug-likeness (QED) is 0.738. The van der Waals surface area contributed by atoms with Gasteiger partial charge in [0.25, 0.3) is 5.91 Å². The van der Waals surface area contributed by atoms with Gasteiger partial charge in [0.2, 0.25) is 5.91 Å². The average molecular weight is 369 g/mol. The van der Waals surface area contributed by atoms with E-state index < -0.39 is 6.04 Å². The molecule has 1 fully saturated rings. The van der Waals surface area contributed by atoms with Crippen molar-refractivity contribution in [1.29, 1.82) is 0 Å². The number of ether oxygens (including phenoxy) is 1. The summed E-state index contributed by atoms with van der Waals surface area (Å²) in [5.41, 5.74) is 1.28. The number of thioether (sulfide) groups is 2. The lowest BCUT2D eigenvalue weighted by atomic mass is 10.2. The largest absolute Gasteiger partial charge is 0.484 e. The Balaban J connectivity index is 1.74. The van der Waals surface area contributed by atoms with Crippen molar-refractivity contribution >= 4 is 35.3 Å². The third-order valence-corrected chi connectivity index (χ3v) is 6.57. The fourth-order valence-corrected chi connectivity index (χ4v) is 5.03. The van der Waals surface area contributed by atoms with Gasteiger partial charge in [-0.25, -0.2) is 0 Å². The van der Waals surface area contributed by atoms with Crippen LogP contribution in [0.3, 0.4) is 0 Å². The Morgan fingerprint density at radius 1 is 1.25 bits per heavy atom. The standard InChI is InChI=1S/C17H24N2O3S2/c1-3-8-18-16(21)12(2)19-15(20)11-22-14-6-4-13(5-7-14)17-23-9-10-24-17/h4-7,12,17H,3,8-11H2,1-2H3,(H,18,21)(H,19,20)/t12-/m0/s1.